The van der Waals surface area contributed by atoms with Gasteiger partial charge in [0.1, 0.15) is 0 Å². The largest absolute Gasteiger partial charge is 0.323 e. The first-order chi connectivity index (χ1) is 10.6. The summed E-state index contributed by atoms with van der Waals surface area (Å²) in [5, 5.41) is 5.55. The van der Waals surface area contributed by atoms with Crippen molar-refractivity contribution in [3.63, 3.8) is 0 Å². The quantitative estimate of drug-likeness (QED) is 0.893. The summed E-state index contributed by atoms with van der Waals surface area (Å²) in [6, 6.07) is 14.6. The fourth-order valence-electron chi connectivity index (χ4n) is 2.60. The minimum absolute atomic E-state index is 0.0182. The molecule has 2 aromatic rings. The molecule has 0 fully saturated rings. The van der Waals surface area contributed by atoms with Crippen LogP contribution in [-0.2, 0) is 11.2 Å². The molecule has 0 bridgehead atoms. The number of benzene rings is 2. The zero-order valence-corrected chi connectivity index (χ0v) is 12.3. The van der Waals surface area contributed by atoms with Gasteiger partial charge in [-0.2, -0.15) is 0 Å². The van der Waals surface area contributed by atoms with Gasteiger partial charge in [-0.25, -0.2) is 4.79 Å². The van der Waals surface area contributed by atoms with Gasteiger partial charge in [0.25, 0.3) is 0 Å². The number of fused-ring (bicyclic) bond motifs is 1. The van der Waals surface area contributed by atoms with E-state index in [1.165, 1.54) is 0 Å². The third-order valence-electron chi connectivity index (χ3n) is 3.65. The molecule has 3 rings (SSSR count). The minimum atomic E-state index is -0.307. The van der Waals surface area contributed by atoms with Crippen molar-refractivity contribution >= 4 is 29.0 Å². The van der Waals surface area contributed by atoms with Crippen LogP contribution in [0.25, 0.3) is 0 Å². The maximum absolute atomic E-state index is 12.0. The van der Waals surface area contributed by atoms with Crippen molar-refractivity contribution < 1.29 is 9.59 Å². The lowest BCUT2D eigenvalue weighted by Gasteiger charge is -2.16. The molecule has 5 nitrogen and oxygen atoms in total. The molecule has 2 aromatic carbocycles. The highest BCUT2D eigenvalue weighted by Crippen LogP contribution is 2.30. The first-order valence-electron chi connectivity index (χ1n) is 7.17. The van der Waals surface area contributed by atoms with Crippen LogP contribution in [0.3, 0.4) is 0 Å². The molecule has 0 unspecified atom stereocenters. The number of nitrogens with zero attached hydrogens (tertiary/aromatic N) is 1. The van der Waals surface area contributed by atoms with Gasteiger partial charge in [-0.1, -0.05) is 24.3 Å². The summed E-state index contributed by atoms with van der Waals surface area (Å²) in [5.74, 6) is 0.0182. The highest BCUT2D eigenvalue weighted by molar-refractivity contribution is 6.01. The number of urea groups is 1. The average molecular weight is 295 g/mol. The lowest BCUT2D eigenvalue weighted by Crippen LogP contribution is -2.26. The summed E-state index contributed by atoms with van der Waals surface area (Å²) in [6.07, 6.45) is 0.853. The molecular formula is C17H17N3O2. The highest BCUT2D eigenvalue weighted by atomic mass is 16.2. The molecule has 1 heterocycles. The predicted molar refractivity (Wildman–Crippen MR) is 87.3 cm³/mol. The fourth-order valence-corrected chi connectivity index (χ4v) is 2.60. The second kappa shape index (κ2) is 5.89. The SMILES string of the molecule is CC(=O)N1CCc2ccc(NC(=O)Nc3ccccc3)cc21. The van der Waals surface area contributed by atoms with Gasteiger partial charge in [-0.3, -0.25) is 4.79 Å². The van der Waals surface area contributed by atoms with E-state index in [-0.39, 0.29) is 11.9 Å². The Labute approximate surface area is 128 Å². The molecule has 112 valence electrons. The Kier molecular flexibility index (Phi) is 3.78. The normalized spacial score (nSPS) is 12.7. The van der Waals surface area contributed by atoms with Crippen molar-refractivity contribution in [3.05, 3.63) is 54.1 Å². The zero-order chi connectivity index (χ0) is 15.5. The van der Waals surface area contributed by atoms with E-state index in [2.05, 4.69) is 10.6 Å². The molecule has 0 aromatic heterocycles. The minimum Gasteiger partial charge on any atom is -0.312 e. The number of hydrogen-bond donors (Lipinski definition) is 2. The van der Waals surface area contributed by atoms with E-state index in [9.17, 15) is 9.59 Å². The molecule has 2 N–H and O–H groups in total. The Morgan fingerprint density at radius 3 is 2.45 bits per heavy atom. The van der Waals surface area contributed by atoms with E-state index in [4.69, 9.17) is 0 Å². The maximum Gasteiger partial charge on any atom is 0.323 e. The van der Waals surface area contributed by atoms with Crippen LogP contribution < -0.4 is 15.5 Å². The molecule has 1 aliphatic heterocycles. The summed E-state index contributed by atoms with van der Waals surface area (Å²) in [5.41, 5.74) is 3.40. The Hall–Kier alpha value is -2.82. The van der Waals surface area contributed by atoms with Gasteiger partial charge in [0.15, 0.2) is 0 Å². The third kappa shape index (κ3) is 2.93. The Bertz CT molecular complexity index is 713. The first-order valence-corrected chi connectivity index (χ1v) is 7.17. The molecule has 0 radical (unpaired) electrons. The van der Waals surface area contributed by atoms with Crippen molar-refractivity contribution in [1.82, 2.24) is 0 Å². The van der Waals surface area contributed by atoms with Crippen LogP contribution in [0.5, 0.6) is 0 Å². The van der Waals surface area contributed by atoms with Crippen LogP contribution in [0.15, 0.2) is 48.5 Å². The maximum atomic E-state index is 12.0. The predicted octanol–water partition coefficient (Wildman–Crippen LogP) is 3.24. The smallest absolute Gasteiger partial charge is 0.312 e. The summed E-state index contributed by atoms with van der Waals surface area (Å²) < 4.78 is 0. The highest BCUT2D eigenvalue weighted by Gasteiger charge is 2.22. The molecule has 0 atom stereocenters. The van der Waals surface area contributed by atoms with Gasteiger partial charge >= 0.3 is 6.03 Å². The van der Waals surface area contributed by atoms with Crippen molar-refractivity contribution in [2.24, 2.45) is 0 Å². The van der Waals surface area contributed by atoms with Crippen molar-refractivity contribution in [2.45, 2.75) is 13.3 Å². The van der Waals surface area contributed by atoms with E-state index < -0.39 is 0 Å². The number of rotatable bonds is 2. The summed E-state index contributed by atoms with van der Waals surface area (Å²) in [4.78, 5) is 25.3. The lowest BCUT2D eigenvalue weighted by atomic mass is 10.1. The van der Waals surface area contributed by atoms with Crippen LogP contribution in [0.2, 0.25) is 0 Å². The van der Waals surface area contributed by atoms with Crippen molar-refractivity contribution in [3.8, 4) is 0 Å². The van der Waals surface area contributed by atoms with Crippen LogP contribution in [0.1, 0.15) is 12.5 Å². The van der Waals surface area contributed by atoms with Crippen LogP contribution >= 0.6 is 0 Å². The first kappa shape index (κ1) is 14.1. The summed E-state index contributed by atoms with van der Waals surface area (Å²) >= 11 is 0. The number of para-hydroxylation sites is 1. The topological polar surface area (TPSA) is 61.4 Å². The molecule has 0 saturated heterocycles. The summed E-state index contributed by atoms with van der Waals surface area (Å²) in [7, 11) is 0. The van der Waals surface area contributed by atoms with Crippen LogP contribution in [0.4, 0.5) is 21.9 Å². The van der Waals surface area contributed by atoms with Gasteiger partial charge in [0.05, 0.1) is 0 Å². The number of carbonyl (C=O) groups is 2. The van der Waals surface area contributed by atoms with Crippen molar-refractivity contribution in [1.29, 1.82) is 0 Å². The van der Waals surface area contributed by atoms with E-state index in [1.807, 2.05) is 48.5 Å². The van der Waals surface area contributed by atoms with Crippen LogP contribution in [0, 0.1) is 0 Å². The summed E-state index contributed by atoms with van der Waals surface area (Å²) in [6.45, 7) is 2.25. The van der Waals surface area contributed by atoms with Gasteiger partial charge < -0.3 is 15.5 Å². The van der Waals surface area contributed by atoms with Crippen LogP contribution in [-0.4, -0.2) is 18.5 Å². The zero-order valence-electron chi connectivity index (χ0n) is 12.3. The number of anilines is 3. The Morgan fingerprint density at radius 2 is 1.73 bits per heavy atom. The molecular weight excluding hydrogens is 278 g/mol. The van der Waals surface area contributed by atoms with Gasteiger partial charge in [-0.15, -0.1) is 0 Å². The van der Waals surface area contributed by atoms with Gasteiger partial charge in [-0.05, 0) is 36.2 Å². The molecule has 3 amide bonds. The monoisotopic (exact) mass is 295 g/mol. The average Bonchev–Trinajstić information content (AvgIpc) is 2.91. The second-order valence-electron chi connectivity index (χ2n) is 5.21. The van der Waals surface area contributed by atoms with E-state index >= 15 is 0 Å². The standard InChI is InChI=1S/C17H17N3O2/c1-12(21)20-10-9-13-7-8-15(11-16(13)20)19-17(22)18-14-5-3-2-4-6-14/h2-8,11H,9-10H2,1H3,(H2,18,19,22). The van der Waals surface area contributed by atoms with Crippen molar-refractivity contribution in [2.75, 3.05) is 22.1 Å². The van der Waals surface area contributed by atoms with E-state index in [0.29, 0.717) is 12.2 Å². The number of nitrogens with one attached hydrogen (secondary N) is 2. The van der Waals surface area contributed by atoms with E-state index in [1.54, 1.807) is 11.8 Å². The number of hydrogen-bond acceptors (Lipinski definition) is 2. The van der Waals surface area contributed by atoms with Gasteiger partial charge in [0, 0.05) is 30.5 Å². The third-order valence-corrected chi connectivity index (χ3v) is 3.65. The molecule has 1 aliphatic rings. The lowest BCUT2D eigenvalue weighted by molar-refractivity contribution is -0.116. The van der Waals surface area contributed by atoms with Gasteiger partial charge in [0.2, 0.25) is 5.91 Å². The van der Waals surface area contributed by atoms with E-state index in [0.717, 1.165) is 23.4 Å². The number of amides is 3. The second-order valence-corrected chi connectivity index (χ2v) is 5.21. The molecule has 0 spiro atoms. The number of carbonyl (C=O) groups excluding carboxylic acids is 2. The molecule has 0 aliphatic carbocycles. The Balaban J connectivity index is 1.72. The molecule has 22 heavy (non-hydrogen) atoms. The molecule has 5 heteroatoms. The Morgan fingerprint density at radius 1 is 1.00 bits per heavy atom. The fraction of sp³-hybridized carbons (Fsp3) is 0.176. The molecule has 0 saturated carbocycles.